The van der Waals surface area contributed by atoms with Gasteiger partial charge in [-0.15, -0.1) is 0 Å². The van der Waals surface area contributed by atoms with Crippen molar-refractivity contribution < 1.29 is 28.6 Å². The number of hydrogen-bond donors (Lipinski definition) is 0. The molecule has 37 heavy (non-hydrogen) atoms. The summed E-state index contributed by atoms with van der Waals surface area (Å²) in [5.41, 5.74) is -0.763. The Kier molecular flexibility index (Phi) is 7.65. The molecule has 0 saturated heterocycles. The first kappa shape index (κ1) is 26.2. The van der Waals surface area contributed by atoms with Crippen molar-refractivity contribution in [3.8, 4) is 0 Å². The van der Waals surface area contributed by atoms with Gasteiger partial charge in [0.2, 0.25) is 0 Å². The molecule has 2 saturated carbocycles. The van der Waals surface area contributed by atoms with Crippen LogP contribution in [0.1, 0.15) is 59.3 Å². The molecule has 0 N–H and O–H groups in total. The molecule has 4 bridgehead atoms. The van der Waals surface area contributed by atoms with Gasteiger partial charge < -0.3 is 14.2 Å². The lowest BCUT2D eigenvalue weighted by atomic mass is 9.80. The number of fused-ring (bicyclic) bond motifs is 4. The molecule has 5 rings (SSSR count). The van der Waals surface area contributed by atoms with Crippen LogP contribution in [0.25, 0.3) is 0 Å². The van der Waals surface area contributed by atoms with E-state index >= 15 is 0 Å². The van der Waals surface area contributed by atoms with Gasteiger partial charge in [0.25, 0.3) is 0 Å². The lowest BCUT2D eigenvalue weighted by molar-refractivity contribution is -0.168. The Bertz CT molecular complexity index is 928. The van der Waals surface area contributed by atoms with E-state index in [2.05, 4.69) is 43.4 Å². The van der Waals surface area contributed by atoms with Gasteiger partial charge in [-0.3, -0.25) is 14.4 Å². The molecule has 5 aliphatic carbocycles. The third kappa shape index (κ3) is 5.58. The first-order valence-corrected chi connectivity index (χ1v) is 14.3. The van der Waals surface area contributed by atoms with Gasteiger partial charge in [0.05, 0.1) is 23.2 Å². The van der Waals surface area contributed by atoms with E-state index in [1.54, 1.807) is 0 Å². The fraction of sp³-hybridized carbons (Fsp3) is 0.710. The van der Waals surface area contributed by atoms with E-state index in [1.807, 2.05) is 13.8 Å². The fourth-order valence-corrected chi connectivity index (χ4v) is 7.03. The SMILES string of the molecule is CCC(COC(=O)C1CC(C)C=CC1C)(COC(=O)C1CC2C=CC1C2)COC(=O)C1CC2C=CC1C2. The summed E-state index contributed by atoms with van der Waals surface area (Å²) < 4.78 is 17.7. The normalized spacial score (nSPS) is 38.5. The molecule has 6 nitrogen and oxygen atoms in total. The summed E-state index contributed by atoms with van der Waals surface area (Å²) in [5, 5.41) is 0. The van der Waals surface area contributed by atoms with Gasteiger partial charge in [0.1, 0.15) is 19.8 Å². The molecule has 0 aromatic heterocycles. The van der Waals surface area contributed by atoms with Crippen molar-refractivity contribution in [2.45, 2.75) is 59.3 Å². The van der Waals surface area contributed by atoms with Crippen LogP contribution in [-0.2, 0) is 28.6 Å². The van der Waals surface area contributed by atoms with Gasteiger partial charge in [-0.25, -0.2) is 0 Å². The molecule has 0 heterocycles. The maximum Gasteiger partial charge on any atom is 0.309 e. The highest BCUT2D eigenvalue weighted by Gasteiger charge is 2.44. The van der Waals surface area contributed by atoms with Gasteiger partial charge in [-0.05, 0) is 74.0 Å². The van der Waals surface area contributed by atoms with Crippen LogP contribution in [0.2, 0.25) is 0 Å². The number of carbonyl (C=O) groups is 3. The van der Waals surface area contributed by atoms with Crippen LogP contribution in [0.4, 0.5) is 0 Å². The molecule has 202 valence electrons. The molecule has 5 aliphatic rings. The Morgan fingerprint density at radius 1 is 0.649 bits per heavy atom. The molecule has 6 heteroatoms. The summed E-state index contributed by atoms with van der Waals surface area (Å²) in [6, 6.07) is 0. The average molecular weight is 511 g/mol. The number of hydrogen-bond acceptors (Lipinski definition) is 6. The van der Waals surface area contributed by atoms with E-state index in [0.29, 0.717) is 24.2 Å². The average Bonchev–Trinajstić information content (AvgIpc) is 3.72. The lowest BCUT2D eigenvalue weighted by Gasteiger charge is -2.34. The molecule has 2 fully saturated rings. The van der Waals surface area contributed by atoms with Gasteiger partial charge >= 0.3 is 17.9 Å². The minimum atomic E-state index is -0.763. The summed E-state index contributed by atoms with van der Waals surface area (Å²) in [7, 11) is 0. The molecular formula is C31H42O6. The first-order chi connectivity index (χ1) is 17.8. The van der Waals surface area contributed by atoms with Crippen molar-refractivity contribution in [2.75, 3.05) is 19.8 Å². The van der Waals surface area contributed by atoms with E-state index in [1.165, 1.54) is 0 Å². The van der Waals surface area contributed by atoms with Crippen LogP contribution in [0.3, 0.4) is 0 Å². The first-order valence-electron chi connectivity index (χ1n) is 14.3. The Balaban J connectivity index is 1.23. The summed E-state index contributed by atoms with van der Waals surface area (Å²) in [6.45, 7) is 6.34. The quantitative estimate of drug-likeness (QED) is 0.226. The number of allylic oxidation sites excluding steroid dienone is 6. The van der Waals surface area contributed by atoms with Gasteiger partial charge in [-0.2, -0.15) is 0 Å². The number of esters is 3. The van der Waals surface area contributed by atoms with Gasteiger partial charge in [0.15, 0.2) is 0 Å². The van der Waals surface area contributed by atoms with Crippen molar-refractivity contribution in [3.05, 3.63) is 36.5 Å². The van der Waals surface area contributed by atoms with Gasteiger partial charge in [0, 0.05) is 0 Å². The Morgan fingerprint density at radius 3 is 1.54 bits per heavy atom. The topological polar surface area (TPSA) is 78.9 Å². The third-order valence-electron chi connectivity index (χ3n) is 9.78. The minimum Gasteiger partial charge on any atom is -0.465 e. The highest BCUT2D eigenvalue weighted by Crippen LogP contribution is 2.45. The number of rotatable bonds is 10. The van der Waals surface area contributed by atoms with E-state index < -0.39 is 5.41 Å². The van der Waals surface area contributed by atoms with Crippen molar-refractivity contribution in [3.63, 3.8) is 0 Å². The Morgan fingerprint density at radius 2 is 1.14 bits per heavy atom. The van der Waals surface area contributed by atoms with E-state index in [4.69, 9.17) is 14.2 Å². The van der Waals surface area contributed by atoms with E-state index in [9.17, 15) is 14.4 Å². The molecular weight excluding hydrogens is 468 g/mol. The maximum atomic E-state index is 13.1. The zero-order chi connectivity index (χ0) is 26.2. The molecule has 0 amide bonds. The second-order valence-corrected chi connectivity index (χ2v) is 12.5. The van der Waals surface area contributed by atoms with Crippen molar-refractivity contribution in [2.24, 2.45) is 58.7 Å². The second kappa shape index (κ2) is 10.8. The Labute approximate surface area is 220 Å². The smallest absolute Gasteiger partial charge is 0.309 e. The number of carbonyl (C=O) groups excluding carboxylic acids is 3. The van der Waals surface area contributed by atoms with Crippen LogP contribution in [0.5, 0.6) is 0 Å². The lowest BCUT2D eigenvalue weighted by Crippen LogP contribution is -2.41. The standard InChI is InChI=1S/C31H42O6/c1-4-31(16-35-28(32)25-11-19(2)5-6-20(25)3,17-36-29(33)26-14-21-7-9-23(26)12-21)18-37-30(34)27-15-22-8-10-24(27)13-22/h5-10,19-27H,4,11-18H2,1-3H3. The molecule has 0 aliphatic heterocycles. The molecule has 9 atom stereocenters. The molecule has 9 unspecified atom stereocenters. The van der Waals surface area contributed by atoms with Crippen molar-refractivity contribution in [1.29, 1.82) is 0 Å². The van der Waals surface area contributed by atoms with E-state index in [0.717, 1.165) is 32.1 Å². The summed E-state index contributed by atoms with van der Waals surface area (Å²) >= 11 is 0. The van der Waals surface area contributed by atoms with Crippen molar-refractivity contribution in [1.82, 2.24) is 0 Å². The molecule has 0 aromatic carbocycles. The zero-order valence-corrected chi connectivity index (χ0v) is 22.5. The Hall–Kier alpha value is -2.37. The largest absolute Gasteiger partial charge is 0.465 e. The summed E-state index contributed by atoms with van der Waals surface area (Å²) in [4.78, 5) is 39.1. The zero-order valence-electron chi connectivity index (χ0n) is 22.5. The highest BCUT2D eigenvalue weighted by atomic mass is 16.6. The second-order valence-electron chi connectivity index (χ2n) is 12.5. The summed E-state index contributed by atoms with van der Waals surface area (Å²) in [5.74, 6) is 0.919. The predicted molar refractivity (Wildman–Crippen MR) is 139 cm³/mol. The van der Waals surface area contributed by atoms with Crippen LogP contribution in [0, 0.1) is 58.7 Å². The van der Waals surface area contributed by atoms with Crippen molar-refractivity contribution >= 4 is 17.9 Å². The van der Waals surface area contributed by atoms with Crippen LogP contribution < -0.4 is 0 Å². The summed E-state index contributed by atoms with van der Waals surface area (Å²) in [6.07, 6.45) is 18.0. The third-order valence-corrected chi connectivity index (χ3v) is 9.78. The predicted octanol–water partition coefficient (Wildman–Crippen LogP) is 5.29. The van der Waals surface area contributed by atoms with Crippen LogP contribution in [0.15, 0.2) is 36.5 Å². The highest BCUT2D eigenvalue weighted by molar-refractivity contribution is 5.75. The minimum absolute atomic E-state index is 0.0669. The molecule has 0 radical (unpaired) electrons. The van der Waals surface area contributed by atoms with E-state index in [-0.39, 0.29) is 73.2 Å². The number of ether oxygens (including phenoxy) is 3. The van der Waals surface area contributed by atoms with Crippen LogP contribution >= 0.6 is 0 Å². The van der Waals surface area contributed by atoms with Gasteiger partial charge in [-0.1, -0.05) is 57.2 Å². The molecule has 0 spiro atoms. The molecule has 0 aromatic rings. The van der Waals surface area contributed by atoms with Crippen LogP contribution in [-0.4, -0.2) is 37.7 Å². The maximum absolute atomic E-state index is 13.1. The fourth-order valence-electron chi connectivity index (χ4n) is 7.03. The monoisotopic (exact) mass is 510 g/mol.